The average Bonchev–Trinajstić information content (AvgIpc) is 2.54. The molecule has 124 valence electrons. The third-order valence-corrected chi connectivity index (χ3v) is 3.45. The van der Waals surface area contributed by atoms with Gasteiger partial charge in [-0.05, 0) is 13.3 Å². The molecule has 0 saturated carbocycles. The summed E-state index contributed by atoms with van der Waals surface area (Å²) in [5.41, 5.74) is -4.98. The molecular formula is C15H8F8. The molecule has 0 bridgehead atoms. The summed E-state index contributed by atoms with van der Waals surface area (Å²) in [4.78, 5) is 0. The van der Waals surface area contributed by atoms with Crippen LogP contribution >= 0.6 is 0 Å². The average molecular weight is 340 g/mol. The first-order valence-corrected chi connectivity index (χ1v) is 6.32. The molecule has 2 rings (SSSR count). The predicted molar refractivity (Wildman–Crippen MR) is 65.7 cm³/mol. The van der Waals surface area contributed by atoms with Crippen LogP contribution in [0, 0.1) is 53.5 Å². The zero-order chi connectivity index (χ0) is 17.6. The Morgan fingerprint density at radius 1 is 0.522 bits per heavy atom. The molecule has 23 heavy (non-hydrogen) atoms. The molecule has 0 aliphatic carbocycles. The Labute approximate surface area is 125 Å². The van der Waals surface area contributed by atoms with E-state index < -0.39 is 75.2 Å². The Morgan fingerprint density at radius 2 is 0.913 bits per heavy atom. The second-order valence-corrected chi connectivity index (χ2v) is 4.72. The molecule has 0 heterocycles. The van der Waals surface area contributed by atoms with Gasteiger partial charge in [-0.3, -0.25) is 0 Å². The van der Waals surface area contributed by atoms with Gasteiger partial charge >= 0.3 is 0 Å². The molecular weight excluding hydrogens is 332 g/mol. The second-order valence-electron chi connectivity index (χ2n) is 4.72. The van der Waals surface area contributed by atoms with Crippen molar-refractivity contribution in [3.8, 4) is 11.1 Å². The Hall–Kier alpha value is -2.12. The molecule has 2 aromatic carbocycles. The van der Waals surface area contributed by atoms with Crippen molar-refractivity contribution in [2.45, 2.75) is 20.3 Å². The molecule has 0 fully saturated rings. The molecule has 0 aliphatic rings. The first kappa shape index (κ1) is 17.2. The van der Waals surface area contributed by atoms with Gasteiger partial charge in [0.15, 0.2) is 46.5 Å². The van der Waals surface area contributed by atoms with Crippen LogP contribution in [-0.2, 0) is 6.42 Å². The summed E-state index contributed by atoms with van der Waals surface area (Å²) in [7, 11) is 0. The zero-order valence-electron chi connectivity index (χ0n) is 11.7. The Balaban J connectivity index is 3.06. The summed E-state index contributed by atoms with van der Waals surface area (Å²) in [6.07, 6.45) is -0.509. The van der Waals surface area contributed by atoms with E-state index in [1.165, 1.54) is 0 Å². The summed E-state index contributed by atoms with van der Waals surface area (Å²) < 4.78 is 109. The quantitative estimate of drug-likeness (QED) is 0.393. The van der Waals surface area contributed by atoms with Gasteiger partial charge in [-0.25, -0.2) is 35.1 Å². The van der Waals surface area contributed by atoms with Crippen molar-refractivity contribution in [2.24, 2.45) is 0 Å². The molecule has 0 spiro atoms. The monoisotopic (exact) mass is 340 g/mol. The van der Waals surface area contributed by atoms with Crippen molar-refractivity contribution in [1.29, 1.82) is 0 Å². The van der Waals surface area contributed by atoms with Crippen LogP contribution in [0.2, 0.25) is 0 Å². The smallest absolute Gasteiger partial charge is 0.198 e. The Kier molecular flexibility index (Phi) is 4.37. The van der Waals surface area contributed by atoms with Crippen LogP contribution in [0.5, 0.6) is 0 Å². The fraction of sp³-hybridized carbons (Fsp3) is 0.200. The van der Waals surface area contributed by atoms with E-state index in [9.17, 15) is 35.1 Å². The van der Waals surface area contributed by atoms with E-state index >= 15 is 0 Å². The highest BCUT2D eigenvalue weighted by atomic mass is 19.2. The first-order valence-electron chi connectivity index (χ1n) is 6.32. The van der Waals surface area contributed by atoms with Gasteiger partial charge in [0.1, 0.15) is 0 Å². The predicted octanol–water partition coefficient (Wildman–Crippen LogP) is 5.34. The van der Waals surface area contributed by atoms with E-state index in [1.54, 1.807) is 0 Å². The lowest BCUT2D eigenvalue weighted by Crippen LogP contribution is -2.10. The molecule has 8 heteroatoms. The van der Waals surface area contributed by atoms with Gasteiger partial charge in [0, 0.05) is 16.7 Å². The SMILES string of the molecule is CCc1c(F)c(F)c(F)c(F)c1-c1c(F)c(F)c(C)c(F)c1F. The van der Waals surface area contributed by atoms with Crippen LogP contribution in [0.25, 0.3) is 11.1 Å². The van der Waals surface area contributed by atoms with Gasteiger partial charge in [0.25, 0.3) is 0 Å². The minimum atomic E-state index is -2.34. The minimum Gasteiger partial charge on any atom is -0.203 e. The van der Waals surface area contributed by atoms with Gasteiger partial charge in [-0.1, -0.05) is 6.92 Å². The van der Waals surface area contributed by atoms with Crippen LogP contribution in [0.4, 0.5) is 35.1 Å². The van der Waals surface area contributed by atoms with Crippen molar-refractivity contribution in [1.82, 2.24) is 0 Å². The van der Waals surface area contributed by atoms with E-state index in [2.05, 4.69) is 0 Å². The van der Waals surface area contributed by atoms with Gasteiger partial charge < -0.3 is 0 Å². The third-order valence-electron chi connectivity index (χ3n) is 3.45. The molecule has 0 radical (unpaired) electrons. The number of halogens is 8. The van der Waals surface area contributed by atoms with Gasteiger partial charge in [-0.15, -0.1) is 0 Å². The lowest BCUT2D eigenvalue weighted by molar-refractivity contribution is 0.404. The van der Waals surface area contributed by atoms with E-state index in [0.717, 1.165) is 13.8 Å². The molecule has 2 aromatic rings. The molecule has 0 aliphatic heterocycles. The molecule has 0 aromatic heterocycles. The highest BCUT2D eigenvalue weighted by Gasteiger charge is 2.32. The standard InChI is InChI=1S/C15H8F8/c1-3-5-6(11(19)15(23)14(22)10(5)18)7-12(20)8(16)4(2)9(17)13(7)21/h3H2,1-2H3. The lowest BCUT2D eigenvalue weighted by Gasteiger charge is -2.15. The van der Waals surface area contributed by atoms with Crippen molar-refractivity contribution >= 4 is 0 Å². The second kappa shape index (κ2) is 5.82. The van der Waals surface area contributed by atoms with Gasteiger partial charge in [0.2, 0.25) is 0 Å². The van der Waals surface area contributed by atoms with Crippen LogP contribution < -0.4 is 0 Å². The van der Waals surface area contributed by atoms with Crippen molar-refractivity contribution in [2.75, 3.05) is 0 Å². The molecule has 0 saturated heterocycles. The molecule has 0 unspecified atom stereocenters. The highest BCUT2D eigenvalue weighted by molar-refractivity contribution is 5.70. The van der Waals surface area contributed by atoms with E-state index in [1.807, 2.05) is 0 Å². The Morgan fingerprint density at radius 3 is 1.35 bits per heavy atom. The van der Waals surface area contributed by atoms with E-state index in [0.29, 0.717) is 0 Å². The zero-order valence-corrected chi connectivity index (χ0v) is 11.7. The fourth-order valence-electron chi connectivity index (χ4n) is 2.23. The number of rotatable bonds is 2. The highest BCUT2D eigenvalue weighted by Crippen LogP contribution is 2.38. The largest absolute Gasteiger partial charge is 0.203 e. The first-order chi connectivity index (χ1) is 10.6. The third kappa shape index (κ3) is 2.36. The topological polar surface area (TPSA) is 0 Å². The molecule has 0 atom stereocenters. The fourth-order valence-corrected chi connectivity index (χ4v) is 2.23. The van der Waals surface area contributed by atoms with Crippen LogP contribution in [-0.4, -0.2) is 0 Å². The van der Waals surface area contributed by atoms with E-state index in [4.69, 9.17) is 0 Å². The maximum Gasteiger partial charge on any atom is 0.198 e. The van der Waals surface area contributed by atoms with Crippen molar-refractivity contribution in [3.05, 3.63) is 57.7 Å². The van der Waals surface area contributed by atoms with Gasteiger partial charge in [0.05, 0.1) is 5.56 Å². The summed E-state index contributed by atoms with van der Waals surface area (Å²) >= 11 is 0. The van der Waals surface area contributed by atoms with E-state index in [-0.39, 0.29) is 0 Å². The van der Waals surface area contributed by atoms with Crippen LogP contribution in [0.15, 0.2) is 0 Å². The maximum absolute atomic E-state index is 14.0. The molecule has 0 N–H and O–H groups in total. The van der Waals surface area contributed by atoms with Crippen molar-refractivity contribution < 1.29 is 35.1 Å². The number of hydrogen-bond acceptors (Lipinski definition) is 0. The Bertz CT molecular complexity index is 781. The van der Waals surface area contributed by atoms with Gasteiger partial charge in [-0.2, -0.15) is 0 Å². The molecule has 0 nitrogen and oxygen atoms in total. The summed E-state index contributed by atoms with van der Waals surface area (Å²) in [6.45, 7) is 1.89. The van der Waals surface area contributed by atoms with Crippen LogP contribution in [0.1, 0.15) is 18.1 Å². The minimum absolute atomic E-state index is 0.509. The summed E-state index contributed by atoms with van der Waals surface area (Å²) in [5.74, 6) is -16.3. The summed E-state index contributed by atoms with van der Waals surface area (Å²) in [6, 6.07) is 0. The lowest BCUT2D eigenvalue weighted by atomic mass is 9.94. The maximum atomic E-state index is 14.0. The number of benzene rings is 2. The van der Waals surface area contributed by atoms with Crippen LogP contribution in [0.3, 0.4) is 0 Å². The van der Waals surface area contributed by atoms with Crippen molar-refractivity contribution in [3.63, 3.8) is 0 Å². The molecule has 0 amide bonds. The normalized spacial score (nSPS) is 11.2. The number of hydrogen-bond donors (Lipinski definition) is 0. The summed E-state index contributed by atoms with van der Waals surface area (Å²) in [5, 5.41) is 0.